The number of nitrogens with one attached hydrogen (secondary N) is 1. The third-order valence-electron chi connectivity index (χ3n) is 2.08. The lowest BCUT2D eigenvalue weighted by Crippen LogP contribution is -2.08. The number of halogens is 3. The molecule has 0 amide bonds. The van der Waals surface area contributed by atoms with E-state index in [9.17, 15) is 13.2 Å². The molecule has 0 fully saturated rings. The van der Waals surface area contributed by atoms with Crippen LogP contribution in [-0.2, 0) is 11.9 Å². The molecule has 0 bridgehead atoms. The Morgan fingerprint density at radius 3 is 2.65 bits per heavy atom. The molecule has 0 radical (unpaired) electrons. The average molecular weight is 259 g/mol. The summed E-state index contributed by atoms with van der Waals surface area (Å²) >= 11 is 1.18. The number of aromatic amines is 1. The Hall–Kier alpha value is -1.50. The summed E-state index contributed by atoms with van der Waals surface area (Å²) in [5.74, 6) is 0.199. The van der Waals surface area contributed by atoms with Gasteiger partial charge in [-0.3, -0.25) is 5.10 Å². The van der Waals surface area contributed by atoms with Crippen LogP contribution >= 0.6 is 11.8 Å². The van der Waals surface area contributed by atoms with Gasteiger partial charge in [-0.1, -0.05) is 30.0 Å². The molecule has 0 spiro atoms. The molecule has 0 saturated carbocycles. The molecule has 1 N–H and O–H groups in total. The van der Waals surface area contributed by atoms with Gasteiger partial charge in [0.05, 0.1) is 5.56 Å². The van der Waals surface area contributed by atoms with Gasteiger partial charge in [0.25, 0.3) is 0 Å². The first kappa shape index (κ1) is 12.0. The van der Waals surface area contributed by atoms with Gasteiger partial charge in [0, 0.05) is 5.75 Å². The molecule has 1 aromatic heterocycles. The average Bonchev–Trinajstić information content (AvgIpc) is 2.78. The van der Waals surface area contributed by atoms with E-state index in [1.54, 1.807) is 6.07 Å². The molecule has 0 saturated heterocycles. The topological polar surface area (TPSA) is 41.6 Å². The molecular weight excluding hydrogens is 251 g/mol. The Labute approximate surface area is 99.5 Å². The van der Waals surface area contributed by atoms with Crippen molar-refractivity contribution in [3.8, 4) is 0 Å². The molecule has 0 aliphatic heterocycles. The number of H-pyrrole nitrogens is 1. The van der Waals surface area contributed by atoms with Crippen LogP contribution in [0.3, 0.4) is 0 Å². The van der Waals surface area contributed by atoms with Crippen molar-refractivity contribution in [2.45, 2.75) is 17.1 Å². The Morgan fingerprint density at radius 2 is 2.00 bits per heavy atom. The van der Waals surface area contributed by atoms with Gasteiger partial charge in [-0.25, -0.2) is 4.98 Å². The molecule has 90 valence electrons. The molecule has 0 unspecified atom stereocenters. The SMILES string of the molecule is FC(F)(F)c1ccccc1CSc1ncn[nH]1. The fraction of sp³-hybridized carbons (Fsp3) is 0.200. The standard InChI is InChI=1S/C10H8F3N3S/c11-10(12,13)8-4-2-1-3-7(8)5-17-9-14-6-15-16-9/h1-4,6H,5H2,(H,14,15,16). The van der Waals surface area contributed by atoms with Crippen molar-refractivity contribution in [3.05, 3.63) is 41.7 Å². The quantitative estimate of drug-likeness (QED) is 0.861. The molecule has 7 heteroatoms. The Bertz CT molecular complexity index is 482. The smallest absolute Gasteiger partial charge is 0.254 e. The predicted molar refractivity (Wildman–Crippen MR) is 57.4 cm³/mol. The Kier molecular flexibility index (Phi) is 3.37. The molecule has 0 aliphatic rings. The van der Waals surface area contributed by atoms with Crippen molar-refractivity contribution in [1.82, 2.24) is 15.2 Å². The van der Waals surface area contributed by atoms with E-state index in [0.717, 1.165) is 6.07 Å². The van der Waals surface area contributed by atoms with E-state index in [1.165, 1.54) is 30.2 Å². The summed E-state index contributed by atoms with van der Waals surface area (Å²) in [7, 11) is 0. The second kappa shape index (κ2) is 4.79. The second-order valence-electron chi connectivity index (χ2n) is 3.23. The van der Waals surface area contributed by atoms with Gasteiger partial charge >= 0.3 is 6.18 Å². The molecule has 1 aromatic carbocycles. The van der Waals surface area contributed by atoms with E-state index in [1.807, 2.05) is 0 Å². The molecule has 0 aliphatic carbocycles. The van der Waals surface area contributed by atoms with Crippen LogP contribution in [0.15, 0.2) is 35.7 Å². The van der Waals surface area contributed by atoms with Crippen LogP contribution in [-0.4, -0.2) is 15.2 Å². The van der Waals surface area contributed by atoms with E-state index in [0.29, 0.717) is 5.16 Å². The summed E-state index contributed by atoms with van der Waals surface area (Å²) in [6.07, 6.45) is -3.00. The van der Waals surface area contributed by atoms with Gasteiger partial charge in [0.15, 0.2) is 5.16 Å². The van der Waals surface area contributed by atoms with E-state index < -0.39 is 11.7 Å². The Morgan fingerprint density at radius 1 is 1.24 bits per heavy atom. The van der Waals surface area contributed by atoms with E-state index in [4.69, 9.17) is 0 Å². The van der Waals surface area contributed by atoms with Gasteiger partial charge < -0.3 is 0 Å². The first-order chi connectivity index (χ1) is 8.07. The molecule has 2 rings (SSSR count). The van der Waals surface area contributed by atoms with Gasteiger partial charge in [0.1, 0.15) is 6.33 Å². The van der Waals surface area contributed by atoms with E-state index in [-0.39, 0.29) is 11.3 Å². The zero-order valence-corrected chi connectivity index (χ0v) is 9.35. The third kappa shape index (κ3) is 3.00. The number of alkyl halides is 3. The van der Waals surface area contributed by atoms with E-state index >= 15 is 0 Å². The van der Waals surface area contributed by atoms with Crippen LogP contribution in [0.5, 0.6) is 0 Å². The zero-order chi connectivity index (χ0) is 12.3. The number of rotatable bonds is 3. The maximum absolute atomic E-state index is 12.7. The number of hydrogen-bond acceptors (Lipinski definition) is 3. The van der Waals surface area contributed by atoms with Crippen LogP contribution in [0.1, 0.15) is 11.1 Å². The number of benzene rings is 1. The normalized spacial score (nSPS) is 11.7. The number of hydrogen-bond donors (Lipinski definition) is 1. The Balaban J connectivity index is 2.16. The lowest BCUT2D eigenvalue weighted by atomic mass is 10.1. The largest absolute Gasteiger partial charge is 0.416 e. The molecule has 1 heterocycles. The minimum Gasteiger partial charge on any atom is -0.254 e. The van der Waals surface area contributed by atoms with Crippen molar-refractivity contribution in [2.75, 3.05) is 0 Å². The van der Waals surface area contributed by atoms with Crippen molar-refractivity contribution in [2.24, 2.45) is 0 Å². The van der Waals surface area contributed by atoms with Crippen LogP contribution in [0.2, 0.25) is 0 Å². The van der Waals surface area contributed by atoms with Gasteiger partial charge in [0.2, 0.25) is 0 Å². The fourth-order valence-electron chi connectivity index (χ4n) is 1.33. The highest BCUT2D eigenvalue weighted by molar-refractivity contribution is 7.98. The molecular formula is C10H8F3N3S. The number of aromatic nitrogens is 3. The third-order valence-corrected chi connectivity index (χ3v) is 3.01. The van der Waals surface area contributed by atoms with Gasteiger partial charge in [-0.15, -0.1) is 0 Å². The molecule has 17 heavy (non-hydrogen) atoms. The second-order valence-corrected chi connectivity index (χ2v) is 4.20. The van der Waals surface area contributed by atoms with E-state index in [2.05, 4.69) is 15.2 Å². The first-order valence-electron chi connectivity index (χ1n) is 4.70. The maximum Gasteiger partial charge on any atom is 0.416 e. The van der Waals surface area contributed by atoms with Gasteiger partial charge in [-0.2, -0.15) is 18.3 Å². The fourth-order valence-corrected chi connectivity index (χ4v) is 2.12. The van der Waals surface area contributed by atoms with Crippen LogP contribution in [0, 0.1) is 0 Å². The van der Waals surface area contributed by atoms with Crippen LogP contribution < -0.4 is 0 Å². The van der Waals surface area contributed by atoms with Crippen molar-refractivity contribution < 1.29 is 13.2 Å². The maximum atomic E-state index is 12.7. The summed E-state index contributed by atoms with van der Waals surface area (Å²) in [6.45, 7) is 0. The zero-order valence-electron chi connectivity index (χ0n) is 8.53. The molecule has 0 atom stereocenters. The lowest BCUT2D eigenvalue weighted by molar-refractivity contribution is -0.138. The number of nitrogens with zero attached hydrogens (tertiary/aromatic N) is 2. The van der Waals surface area contributed by atoms with Gasteiger partial charge in [-0.05, 0) is 11.6 Å². The lowest BCUT2D eigenvalue weighted by Gasteiger charge is -2.11. The summed E-state index contributed by atoms with van der Waals surface area (Å²) in [4.78, 5) is 3.84. The monoisotopic (exact) mass is 259 g/mol. The minimum absolute atomic E-state index is 0.199. The van der Waals surface area contributed by atoms with Crippen LogP contribution in [0.4, 0.5) is 13.2 Å². The first-order valence-corrected chi connectivity index (χ1v) is 5.69. The summed E-state index contributed by atoms with van der Waals surface area (Å²) in [5, 5.41) is 6.71. The highest BCUT2D eigenvalue weighted by atomic mass is 32.2. The van der Waals surface area contributed by atoms with Crippen molar-refractivity contribution >= 4 is 11.8 Å². The molecule has 3 nitrogen and oxygen atoms in total. The highest BCUT2D eigenvalue weighted by Crippen LogP contribution is 2.34. The van der Waals surface area contributed by atoms with Crippen molar-refractivity contribution in [1.29, 1.82) is 0 Å². The predicted octanol–water partition coefficient (Wildman–Crippen LogP) is 3.12. The summed E-state index contributed by atoms with van der Waals surface area (Å²) in [6, 6.07) is 5.51. The summed E-state index contributed by atoms with van der Waals surface area (Å²) in [5.41, 5.74) is -0.367. The number of thioether (sulfide) groups is 1. The highest BCUT2D eigenvalue weighted by Gasteiger charge is 2.32. The van der Waals surface area contributed by atoms with Crippen LogP contribution in [0.25, 0.3) is 0 Å². The summed E-state index contributed by atoms with van der Waals surface area (Å²) < 4.78 is 38.0. The molecule has 2 aromatic rings. The minimum atomic E-state index is -4.32. The van der Waals surface area contributed by atoms with Crippen molar-refractivity contribution in [3.63, 3.8) is 0 Å².